The van der Waals surface area contributed by atoms with Gasteiger partial charge in [-0.3, -0.25) is 19.5 Å². The van der Waals surface area contributed by atoms with Crippen LogP contribution >= 0.6 is 0 Å². The van der Waals surface area contributed by atoms with Crippen LogP contribution in [-0.4, -0.2) is 25.4 Å². The highest BCUT2D eigenvalue weighted by Gasteiger charge is 2.17. The average Bonchev–Trinajstić information content (AvgIpc) is 3.38. The molecular weight excluding hydrogens is 360 g/mol. The highest BCUT2D eigenvalue weighted by atomic mass is 15.1. The van der Waals surface area contributed by atoms with Gasteiger partial charge in [0, 0.05) is 46.8 Å². The molecule has 1 aliphatic heterocycles. The Morgan fingerprint density at radius 3 is 2.86 bits per heavy atom. The summed E-state index contributed by atoms with van der Waals surface area (Å²) in [5.74, 6) is 1.71. The third kappa shape index (κ3) is 2.57. The first-order valence-electron chi connectivity index (χ1n) is 9.43. The number of rotatable bonds is 2. The first-order chi connectivity index (χ1) is 14.4. The van der Waals surface area contributed by atoms with E-state index < -0.39 is 0 Å². The highest BCUT2D eigenvalue weighted by molar-refractivity contribution is 6.10. The maximum Gasteiger partial charge on any atom is 0.152 e. The maximum absolute atomic E-state index is 4.64. The standard InChI is InChI=1S/C23H16N6/c1-2-17-13-27-22(21(17)25-8-1)28-18-3-4-19-16(12-18)6-10-26-23(19)29-11-7-15-5-9-24-14-20(15)29/h1-12,14H,13H2,(H,27,28). The van der Waals surface area contributed by atoms with Gasteiger partial charge < -0.3 is 5.32 Å². The largest absolute Gasteiger partial charge is 0.339 e. The molecule has 6 nitrogen and oxygen atoms in total. The number of nitrogens with zero attached hydrogens (tertiary/aromatic N) is 5. The minimum atomic E-state index is 0.669. The van der Waals surface area contributed by atoms with E-state index in [4.69, 9.17) is 0 Å². The molecule has 0 bridgehead atoms. The topological polar surface area (TPSA) is 68.0 Å². The predicted molar refractivity (Wildman–Crippen MR) is 114 cm³/mol. The van der Waals surface area contributed by atoms with E-state index in [2.05, 4.69) is 60.2 Å². The van der Waals surface area contributed by atoms with Crippen LogP contribution in [0.4, 0.5) is 5.69 Å². The Morgan fingerprint density at radius 2 is 1.86 bits per heavy atom. The van der Waals surface area contributed by atoms with Crippen molar-refractivity contribution in [3.8, 4) is 5.82 Å². The molecule has 0 fully saturated rings. The predicted octanol–water partition coefficient (Wildman–Crippen LogP) is 4.34. The number of nitrogens with one attached hydrogen (secondary N) is 1. The van der Waals surface area contributed by atoms with Gasteiger partial charge in [-0.25, -0.2) is 4.98 Å². The van der Waals surface area contributed by atoms with Crippen molar-refractivity contribution in [1.82, 2.24) is 19.5 Å². The Bertz CT molecular complexity index is 1420. The first kappa shape index (κ1) is 15.9. The normalized spacial score (nSPS) is 12.9. The fourth-order valence-electron chi connectivity index (χ4n) is 3.84. The van der Waals surface area contributed by atoms with Crippen LogP contribution in [-0.2, 0) is 6.54 Å². The van der Waals surface area contributed by atoms with Crippen LogP contribution in [0, 0.1) is 0 Å². The SMILES string of the molecule is c1cnc2c(c1)CN=C2Nc1ccc2c(-n3ccc4ccncc43)nccc2c1. The molecule has 138 valence electrons. The molecule has 29 heavy (non-hydrogen) atoms. The van der Waals surface area contributed by atoms with Crippen molar-refractivity contribution in [3.63, 3.8) is 0 Å². The van der Waals surface area contributed by atoms with Gasteiger partial charge in [-0.05, 0) is 47.9 Å². The Hall–Kier alpha value is -4.06. The molecule has 6 rings (SSSR count). The van der Waals surface area contributed by atoms with Crippen molar-refractivity contribution in [2.45, 2.75) is 6.54 Å². The van der Waals surface area contributed by atoms with E-state index in [0.717, 1.165) is 50.3 Å². The zero-order valence-corrected chi connectivity index (χ0v) is 15.4. The Balaban J connectivity index is 1.41. The minimum absolute atomic E-state index is 0.669. The van der Waals surface area contributed by atoms with Crippen LogP contribution in [0.5, 0.6) is 0 Å². The molecule has 0 unspecified atom stereocenters. The Labute approximate surface area is 166 Å². The summed E-state index contributed by atoms with van der Waals surface area (Å²) in [6.45, 7) is 0.669. The third-order valence-electron chi connectivity index (χ3n) is 5.25. The summed E-state index contributed by atoms with van der Waals surface area (Å²) >= 11 is 0. The van der Waals surface area contributed by atoms with E-state index in [1.807, 2.05) is 36.8 Å². The molecule has 4 aromatic heterocycles. The summed E-state index contributed by atoms with van der Waals surface area (Å²) < 4.78 is 2.08. The summed E-state index contributed by atoms with van der Waals surface area (Å²) in [6, 6.07) is 16.4. The number of aliphatic imine (C=N–C) groups is 1. The summed E-state index contributed by atoms with van der Waals surface area (Å²) in [4.78, 5) is 18.0. The molecule has 0 amide bonds. The molecule has 6 heteroatoms. The summed E-state index contributed by atoms with van der Waals surface area (Å²) in [5.41, 5.74) is 4.09. The lowest BCUT2D eigenvalue weighted by Crippen LogP contribution is -2.13. The number of hydrogen-bond donors (Lipinski definition) is 1. The maximum atomic E-state index is 4.64. The molecular formula is C23H16N6. The second-order valence-electron chi connectivity index (χ2n) is 6.99. The van der Waals surface area contributed by atoms with Gasteiger partial charge in [-0.1, -0.05) is 6.07 Å². The number of anilines is 1. The van der Waals surface area contributed by atoms with Gasteiger partial charge in [0.25, 0.3) is 0 Å². The van der Waals surface area contributed by atoms with Crippen molar-refractivity contribution in [3.05, 3.63) is 90.8 Å². The van der Waals surface area contributed by atoms with Crippen molar-refractivity contribution in [2.75, 3.05) is 5.32 Å². The summed E-state index contributed by atoms with van der Waals surface area (Å²) in [6.07, 6.45) is 9.36. The van der Waals surface area contributed by atoms with Crippen LogP contribution in [0.25, 0.3) is 27.5 Å². The smallest absolute Gasteiger partial charge is 0.152 e. The molecule has 1 aliphatic rings. The van der Waals surface area contributed by atoms with Crippen LogP contribution in [0.2, 0.25) is 0 Å². The highest BCUT2D eigenvalue weighted by Crippen LogP contribution is 2.27. The van der Waals surface area contributed by atoms with Crippen LogP contribution in [0.15, 0.2) is 84.5 Å². The number of aromatic nitrogens is 4. The third-order valence-corrected chi connectivity index (χ3v) is 5.25. The Morgan fingerprint density at radius 1 is 0.897 bits per heavy atom. The fraction of sp³-hybridized carbons (Fsp3) is 0.0435. The Kier molecular flexibility index (Phi) is 3.43. The van der Waals surface area contributed by atoms with Crippen molar-refractivity contribution >= 4 is 33.2 Å². The second-order valence-corrected chi connectivity index (χ2v) is 6.99. The summed E-state index contributed by atoms with van der Waals surface area (Å²) in [7, 11) is 0. The van der Waals surface area contributed by atoms with Crippen molar-refractivity contribution in [1.29, 1.82) is 0 Å². The van der Waals surface area contributed by atoms with Crippen LogP contribution < -0.4 is 5.32 Å². The van der Waals surface area contributed by atoms with Gasteiger partial charge in [0.15, 0.2) is 5.84 Å². The molecule has 1 aromatic carbocycles. The van der Waals surface area contributed by atoms with Gasteiger partial charge >= 0.3 is 0 Å². The van der Waals surface area contributed by atoms with E-state index in [1.54, 1.807) is 12.4 Å². The van der Waals surface area contributed by atoms with Gasteiger partial charge in [0.1, 0.15) is 11.5 Å². The molecule has 1 N–H and O–H groups in total. The molecule has 0 radical (unpaired) electrons. The van der Waals surface area contributed by atoms with Gasteiger partial charge in [-0.15, -0.1) is 0 Å². The average molecular weight is 376 g/mol. The van der Waals surface area contributed by atoms with E-state index in [1.165, 1.54) is 0 Å². The second kappa shape index (κ2) is 6.24. The van der Waals surface area contributed by atoms with Gasteiger partial charge in [-0.2, -0.15) is 0 Å². The number of benzene rings is 1. The lowest BCUT2D eigenvalue weighted by Gasteiger charge is -2.11. The van der Waals surface area contributed by atoms with Crippen molar-refractivity contribution < 1.29 is 0 Å². The molecule has 0 aliphatic carbocycles. The van der Waals surface area contributed by atoms with Gasteiger partial charge in [0.2, 0.25) is 0 Å². The number of pyridine rings is 3. The quantitative estimate of drug-likeness (QED) is 0.498. The van der Waals surface area contributed by atoms with E-state index in [9.17, 15) is 0 Å². The minimum Gasteiger partial charge on any atom is -0.339 e. The number of hydrogen-bond acceptors (Lipinski definition) is 5. The molecule has 5 aromatic rings. The molecule has 0 atom stereocenters. The lowest BCUT2D eigenvalue weighted by atomic mass is 10.1. The zero-order chi connectivity index (χ0) is 19.2. The van der Waals surface area contributed by atoms with E-state index in [0.29, 0.717) is 6.54 Å². The fourth-order valence-corrected chi connectivity index (χ4v) is 3.84. The zero-order valence-electron chi connectivity index (χ0n) is 15.4. The van der Waals surface area contributed by atoms with Crippen molar-refractivity contribution in [2.24, 2.45) is 4.99 Å². The van der Waals surface area contributed by atoms with E-state index in [-0.39, 0.29) is 0 Å². The molecule has 0 saturated carbocycles. The summed E-state index contributed by atoms with van der Waals surface area (Å²) in [5, 5.41) is 6.74. The number of amidine groups is 1. The monoisotopic (exact) mass is 376 g/mol. The molecule has 5 heterocycles. The lowest BCUT2D eigenvalue weighted by molar-refractivity contribution is 1.06. The number of fused-ring (bicyclic) bond motifs is 3. The molecule has 0 saturated heterocycles. The molecule has 0 spiro atoms. The van der Waals surface area contributed by atoms with Crippen LogP contribution in [0.3, 0.4) is 0 Å². The van der Waals surface area contributed by atoms with E-state index >= 15 is 0 Å². The van der Waals surface area contributed by atoms with Crippen LogP contribution in [0.1, 0.15) is 11.3 Å². The van der Waals surface area contributed by atoms with Gasteiger partial charge in [0.05, 0.1) is 18.3 Å². The first-order valence-corrected chi connectivity index (χ1v) is 9.43.